The number of nitrogens with one attached hydrogen (secondary N) is 1. The molecule has 0 saturated heterocycles. The first-order valence-electron chi connectivity index (χ1n) is 6.39. The Labute approximate surface area is 146 Å². The third-order valence-corrected chi connectivity index (χ3v) is 3.78. The lowest BCUT2D eigenvalue weighted by molar-refractivity contribution is -0.142. The number of benzene rings is 1. The molecule has 1 amide bonds. The van der Waals surface area contributed by atoms with Crippen LogP contribution in [0.5, 0.6) is 0 Å². The maximum absolute atomic E-state index is 11.9. The van der Waals surface area contributed by atoms with E-state index in [-0.39, 0.29) is 30.9 Å². The summed E-state index contributed by atoms with van der Waals surface area (Å²) in [6.07, 6.45) is 0. The number of halogens is 3. The highest BCUT2D eigenvalue weighted by Gasteiger charge is 2.20. The van der Waals surface area contributed by atoms with Gasteiger partial charge in [0, 0.05) is 10.0 Å². The molecule has 0 saturated carbocycles. The van der Waals surface area contributed by atoms with Gasteiger partial charge >= 0.3 is 5.97 Å². The van der Waals surface area contributed by atoms with Gasteiger partial charge in [-0.15, -0.1) is 12.4 Å². The van der Waals surface area contributed by atoms with Crippen LogP contribution in [0, 0.1) is 0 Å². The molecule has 1 rings (SSSR count). The van der Waals surface area contributed by atoms with Crippen molar-refractivity contribution in [1.82, 2.24) is 10.2 Å². The molecule has 0 radical (unpaired) electrons. The average Bonchev–Trinajstić information content (AvgIpc) is 2.36. The molecular formula is C14H19Cl3N2O3. The largest absolute Gasteiger partial charge is 0.480 e. The number of carboxylic acid groups (broad SMARTS) is 1. The summed E-state index contributed by atoms with van der Waals surface area (Å²) in [7, 11) is 1.58. The Kier molecular flexibility index (Phi) is 8.78. The molecule has 0 heterocycles. The molecule has 1 aromatic rings. The monoisotopic (exact) mass is 368 g/mol. The maximum Gasteiger partial charge on any atom is 0.320 e. The normalized spacial score (nSPS) is 13.2. The molecular weight excluding hydrogens is 351 g/mol. The number of carbonyl (C=O) groups is 2. The van der Waals surface area contributed by atoms with Gasteiger partial charge in [-0.25, -0.2) is 0 Å². The summed E-state index contributed by atoms with van der Waals surface area (Å²) in [5.74, 6) is -1.25. The maximum atomic E-state index is 11.9. The lowest BCUT2D eigenvalue weighted by Gasteiger charge is -2.22. The van der Waals surface area contributed by atoms with Crippen LogP contribution >= 0.6 is 35.6 Å². The third-order valence-electron chi connectivity index (χ3n) is 3.22. The molecule has 0 aliphatic heterocycles. The summed E-state index contributed by atoms with van der Waals surface area (Å²) in [6, 6.07) is 4.03. The molecule has 0 bridgehead atoms. The highest BCUT2D eigenvalue weighted by molar-refractivity contribution is 6.35. The minimum atomic E-state index is -0.973. The predicted molar refractivity (Wildman–Crippen MR) is 90.0 cm³/mol. The van der Waals surface area contributed by atoms with Crippen LogP contribution in [-0.2, 0) is 9.59 Å². The van der Waals surface area contributed by atoms with Crippen LogP contribution in [0.4, 0.5) is 0 Å². The second-order valence-corrected chi connectivity index (χ2v) is 5.73. The number of carbonyl (C=O) groups excluding carboxylic acids is 1. The van der Waals surface area contributed by atoms with E-state index in [2.05, 4.69) is 5.32 Å². The van der Waals surface area contributed by atoms with Crippen molar-refractivity contribution in [2.75, 3.05) is 13.6 Å². The third kappa shape index (κ3) is 6.01. The minimum Gasteiger partial charge on any atom is -0.480 e. The Hall–Kier alpha value is -1.01. The van der Waals surface area contributed by atoms with Gasteiger partial charge in [0.15, 0.2) is 0 Å². The van der Waals surface area contributed by atoms with Crippen LogP contribution in [-0.4, -0.2) is 41.5 Å². The minimum absolute atomic E-state index is 0. The fourth-order valence-electron chi connectivity index (χ4n) is 1.77. The molecule has 5 nitrogen and oxygen atoms in total. The molecule has 0 fully saturated rings. The number of amides is 1. The topological polar surface area (TPSA) is 69.6 Å². The number of likely N-dealkylation sites (N-methyl/N-ethyl adjacent to an activating group) is 1. The molecule has 0 aromatic heterocycles. The lowest BCUT2D eigenvalue weighted by atomic mass is 10.1. The number of carboxylic acids is 1. The van der Waals surface area contributed by atoms with E-state index in [0.29, 0.717) is 10.0 Å². The van der Waals surface area contributed by atoms with Gasteiger partial charge in [-0.1, -0.05) is 29.3 Å². The van der Waals surface area contributed by atoms with Crippen LogP contribution in [0.1, 0.15) is 25.5 Å². The Morgan fingerprint density at radius 2 is 1.91 bits per heavy atom. The van der Waals surface area contributed by atoms with Gasteiger partial charge in [0.25, 0.3) is 0 Å². The first-order chi connectivity index (χ1) is 9.72. The molecule has 1 aromatic carbocycles. The van der Waals surface area contributed by atoms with Gasteiger partial charge in [-0.3, -0.25) is 14.5 Å². The van der Waals surface area contributed by atoms with Gasteiger partial charge in [0.05, 0.1) is 12.6 Å². The summed E-state index contributed by atoms with van der Waals surface area (Å²) in [5, 5.41) is 12.7. The Bertz CT molecular complexity index is 540. The van der Waals surface area contributed by atoms with Gasteiger partial charge in [0.1, 0.15) is 6.04 Å². The molecule has 22 heavy (non-hydrogen) atoms. The lowest BCUT2D eigenvalue weighted by Crippen LogP contribution is -2.43. The summed E-state index contributed by atoms with van der Waals surface area (Å²) in [6.45, 7) is 3.31. The van der Waals surface area contributed by atoms with E-state index in [1.807, 2.05) is 0 Å². The number of rotatable bonds is 6. The standard InChI is InChI=1S/C14H18Cl2N2O3.ClH/c1-8(11-5-4-10(15)6-12(11)16)17-13(19)7-18(3)9(2)14(20)21;/h4-6,8-9H,7H2,1-3H3,(H,17,19)(H,20,21);1H. The molecule has 0 aliphatic rings. The second kappa shape index (κ2) is 9.20. The zero-order chi connectivity index (χ0) is 16.2. The first-order valence-corrected chi connectivity index (χ1v) is 7.15. The fourth-order valence-corrected chi connectivity index (χ4v) is 2.34. The summed E-state index contributed by atoms with van der Waals surface area (Å²) in [5.41, 5.74) is 0.753. The van der Waals surface area contributed by atoms with Crippen LogP contribution in [0.15, 0.2) is 18.2 Å². The van der Waals surface area contributed by atoms with E-state index in [9.17, 15) is 9.59 Å². The Balaban J connectivity index is 0.00000441. The van der Waals surface area contributed by atoms with Crippen molar-refractivity contribution in [3.63, 3.8) is 0 Å². The Morgan fingerprint density at radius 1 is 1.32 bits per heavy atom. The second-order valence-electron chi connectivity index (χ2n) is 4.88. The van der Waals surface area contributed by atoms with Crippen LogP contribution in [0.2, 0.25) is 10.0 Å². The van der Waals surface area contributed by atoms with E-state index < -0.39 is 12.0 Å². The molecule has 2 N–H and O–H groups in total. The van der Waals surface area contributed by atoms with E-state index in [0.717, 1.165) is 5.56 Å². The predicted octanol–water partition coefficient (Wildman–Crippen LogP) is 3.00. The Morgan fingerprint density at radius 3 is 2.41 bits per heavy atom. The van der Waals surface area contributed by atoms with Crippen molar-refractivity contribution in [1.29, 1.82) is 0 Å². The van der Waals surface area contributed by atoms with Crippen molar-refractivity contribution in [3.05, 3.63) is 33.8 Å². The summed E-state index contributed by atoms with van der Waals surface area (Å²) < 4.78 is 0. The zero-order valence-electron chi connectivity index (χ0n) is 12.5. The zero-order valence-corrected chi connectivity index (χ0v) is 14.8. The highest BCUT2D eigenvalue weighted by atomic mass is 35.5. The van der Waals surface area contributed by atoms with Crippen LogP contribution in [0.25, 0.3) is 0 Å². The van der Waals surface area contributed by atoms with E-state index >= 15 is 0 Å². The first kappa shape index (κ1) is 21.0. The van der Waals surface area contributed by atoms with E-state index in [1.165, 1.54) is 11.8 Å². The number of aliphatic carboxylic acids is 1. The van der Waals surface area contributed by atoms with Crippen molar-refractivity contribution < 1.29 is 14.7 Å². The fraction of sp³-hybridized carbons (Fsp3) is 0.429. The number of nitrogens with zero attached hydrogens (tertiary/aromatic N) is 1. The van der Waals surface area contributed by atoms with Gasteiger partial charge in [0.2, 0.25) is 5.91 Å². The summed E-state index contributed by atoms with van der Waals surface area (Å²) >= 11 is 11.9. The van der Waals surface area contributed by atoms with Crippen LogP contribution in [0.3, 0.4) is 0 Å². The van der Waals surface area contributed by atoms with Gasteiger partial charge in [-0.05, 0) is 38.6 Å². The van der Waals surface area contributed by atoms with Gasteiger partial charge in [-0.2, -0.15) is 0 Å². The summed E-state index contributed by atoms with van der Waals surface area (Å²) in [4.78, 5) is 24.2. The van der Waals surface area contributed by atoms with Crippen LogP contribution < -0.4 is 5.32 Å². The SMILES string of the molecule is CC(NC(=O)CN(C)C(C)C(=O)O)c1ccc(Cl)cc1Cl.Cl. The van der Waals surface area contributed by atoms with Crippen molar-refractivity contribution in [2.45, 2.75) is 25.9 Å². The smallest absolute Gasteiger partial charge is 0.320 e. The van der Waals surface area contributed by atoms with Crippen molar-refractivity contribution >= 4 is 47.5 Å². The van der Waals surface area contributed by atoms with Crippen molar-refractivity contribution in [3.8, 4) is 0 Å². The molecule has 2 unspecified atom stereocenters. The molecule has 0 spiro atoms. The number of hydrogen-bond donors (Lipinski definition) is 2. The number of hydrogen-bond acceptors (Lipinski definition) is 3. The quantitative estimate of drug-likeness (QED) is 0.809. The molecule has 8 heteroatoms. The molecule has 2 atom stereocenters. The van der Waals surface area contributed by atoms with E-state index in [4.69, 9.17) is 28.3 Å². The van der Waals surface area contributed by atoms with Gasteiger partial charge < -0.3 is 10.4 Å². The molecule has 124 valence electrons. The average molecular weight is 370 g/mol. The van der Waals surface area contributed by atoms with Crippen molar-refractivity contribution in [2.24, 2.45) is 0 Å². The molecule has 0 aliphatic carbocycles. The highest BCUT2D eigenvalue weighted by Crippen LogP contribution is 2.25. The van der Waals surface area contributed by atoms with E-state index in [1.54, 1.807) is 32.2 Å².